The predicted molar refractivity (Wildman–Crippen MR) is 67.6 cm³/mol. The highest BCUT2D eigenvalue weighted by Gasteiger charge is 1.99. The second-order valence-electron chi connectivity index (χ2n) is 4.23. The van der Waals surface area contributed by atoms with Crippen molar-refractivity contribution in [3.8, 4) is 6.07 Å². The third kappa shape index (κ3) is 3.92. The minimum Gasteiger partial charge on any atom is -0.385 e. The summed E-state index contributed by atoms with van der Waals surface area (Å²) in [6, 6.07) is 7.89. The first-order chi connectivity index (χ1) is 7.63. The maximum Gasteiger partial charge on any atom is 0.0992 e. The van der Waals surface area contributed by atoms with Crippen molar-refractivity contribution >= 4 is 5.69 Å². The van der Waals surface area contributed by atoms with Gasteiger partial charge in [0.2, 0.25) is 0 Å². The molecule has 0 bridgehead atoms. The van der Waals surface area contributed by atoms with Crippen molar-refractivity contribution in [1.29, 1.82) is 5.26 Å². The lowest BCUT2D eigenvalue weighted by atomic mass is 10.1. The van der Waals surface area contributed by atoms with Gasteiger partial charge in [0.1, 0.15) is 0 Å². The molecule has 0 saturated heterocycles. The van der Waals surface area contributed by atoms with E-state index in [-0.39, 0.29) is 0 Å². The number of benzene rings is 1. The van der Waals surface area contributed by atoms with Crippen molar-refractivity contribution in [2.45, 2.75) is 13.3 Å². The van der Waals surface area contributed by atoms with E-state index in [2.05, 4.69) is 37.3 Å². The Hall–Kier alpha value is -1.53. The van der Waals surface area contributed by atoms with Gasteiger partial charge in [-0.25, -0.2) is 0 Å². The first-order valence-corrected chi connectivity index (χ1v) is 5.53. The molecule has 1 rings (SSSR count). The van der Waals surface area contributed by atoms with Gasteiger partial charge in [-0.15, -0.1) is 0 Å². The summed E-state index contributed by atoms with van der Waals surface area (Å²) >= 11 is 0. The van der Waals surface area contributed by atoms with Gasteiger partial charge >= 0.3 is 0 Å². The van der Waals surface area contributed by atoms with Gasteiger partial charge in [0, 0.05) is 12.2 Å². The first-order valence-electron chi connectivity index (χ1n) is 5.53. The van der Waals surface area contributed by atoms with Crippen LogP contribution in [0.3, 0.4) is 0 Å². The largest absolute Gasteiger partial charge is 0.385 e. The Morgan fingerprint density at radius 3 is 2.75 bits per heavy atom. The SMILES string of the molecule is Cc1ccc(C#N)cc1NCCCN(C)C. The van der Waals surface area contributed by atoms with E-state index in [1.165, 1.54) is 5.56 Å². The van der Waals surface area contributed by atoms with E-state index < -0.39 is 0 Å². The highest BCUT2D eigenvalue weighted by molar-refractivity contribution is 5.55. The van der Waals surface area contributed by atoms with Crippen LogP contribution in [0, 0.1) is 18.3 Å². The van der Waals surface area contributed by atoms with Gasteiger partial charge < -0.3 is 10.2 Å². The summed E-state index contributed by atoms with van der Waals surface area (Å²) in [6.07, 6.45) is 1.10. The van der Waals surface area contributed by atoms with E-state index in [0.29, 0.717) is 5.56 Å². The van der Waals surface area contributed by atoms with Crippen LogP contribution in [0.4, 0.5) is 5.69 Å². The molecule has 0 spiro atoms. The molecule has 0 heterocycles. The van der Waals surface area contributed by atoms with Gasteiger partial charge in [0.05, 0.1) is 11.6 Å². The summed E-state index contributed by atoms with van der Waals surface area (Å²) in [6.45, 7) is 4.06. The van der Waals surface area contributed by atoms with Crippen molar-refractivity contribution in [2.75, 3.05) is 32.5 Å². The van der Waals surface area contributed by atoms with Crippen LogP contribution in [0.5, 0.6) is 0 Å². The number of nitrogens with one attached hydrogen (secondary N) is 1. The van der Waals surface area contributed by atoms with Gasteiger partial charge in [-0.3, -0.25) is 0 Å². The average molecular weight is 217 g/mol. The third-order valence-corrected chi connectivity index (χ3v) is 2.46. The van der Waals surface area contributed by atoms with Crippen LogP contribution in [-0.4, -0.2) is 32.1 Å². The molecule has 0 aliphatic rings. The number of nitrogens with zero attached hydrogens (tertiary/aromatic N) is 2. The van der Waals surface area contributed by atoms with Crippen molar-refractivity contribution in [3.63, 3.8) is 0 Å². The Balaban J connectivity index is 2.50. The molecule has 0 atom stereocenters. The predicted octanol–water partition coefficient (Wildman–Crippen LogP) is 2.23. The fourth-order valence-electron chi connectivity index (χ4n) is 1.50. The molecule has 0 saturated carbocycles. The molecule has 1 aromatic carbocycles. The molecule has 16 heavy (non-hydrogen) atoms. The zero-order chi connectivity index (χ0) is 12.0. The number of aryl methyl sites for hydroxylation is 1. The number of nitriles is 1. The molecule has 0 amide bonds. The standard InChI is InChI=1S/C13H19N3/c1-11-5-6-12(10-14)9-13(11)15-7-4-8-16(2)3/h5-6,9,15H,4,7-8H2,1-3H3. The van der Waals surface area contributed by atoms with Crippen LogP contribution in [0.15, 0.2) is 18.2 Å². The normalized spacial score (nSPS) is 10.2. The Kier molecular flexibility index (Phi) is 4.81. The summed E-state index contributed by atoms with van der Waals surface area (Å²) < 4.78 is 0. The Labute approximate surface area is 97.7 Å². The van der Waals surface area contributed by atoms with Gasteiger partial charge in [-0.2, -0.15) is 5.26 Å². The molecule has 0 unspecified atom stereocenters. The lowest BCUT2D eigenvalue weighted by Crippen LogP contribution is -2.16. The van der Waals surface area contributed by atoms with Crippen LogP contribution in [0.1, 0.15) is 17.5 Å². The van der Waals surface area contributed by atoms with Gasteiger partial charge in [-0.05, 0) is 51.7 Å². The third-order valence-electron chi connectivity index (χ3n) is 2.46. The monoisotopic (exact) mass is 217 g/mol. The molecule has 3 heteroatoms. The maximum absolute atomic E-state index is 8.81. The number of anilines is 1. The fraction of sp³-hybridized carbons (Fsp3) is 0.462. The summed E-state index contributed by atoms with van der Waals surface area (Å²) in [5.41, 5.74) is 2.96. The smallest absolute Gasteiger partial charge is 0.0992 e. The Bertz CT molecular complexity index is 377. The summed E-state index contributed by atoms with van der Waals surface area (Å²) in [4.78, 5) is 2.17. The molecule has 1 aromatic rings. The van der Waals surface area contributed by atoms with Gasteiger partial charge in [-0.1, -0.05) is 6.07 Å². The minimum atomic E-state index is 0.709. The number of hydrogen-bond acceptors (Lipinski definition) is 3. The van der Waals surface area contributed by atoms with Crippen LogP contribution in [0.2, 0.25) is 0 Å². The topological polar surface area (TPSA) is 39.1 Å². The van der Waals surface area contributed by atoms with E-state index in [1.54, 1.807) is 0 Å². The lowest BCUT2D eigenvalue weighted by Gasteiger charge is -2.12. The molecule has 3 nitrogen and oxygen atoms in total. The van der Waals surface area contributed by atoms with E-state index >= 15 is 0 Å². The maximum atomic E-state index is 8.81. The zero-order valence-electron chi connectivity index (χ0n) is 10.2. The first kappa shape index (κ1) is 12.5. The number of hydrogen-bond donors (Lipinski definition) is 1. The van der Waals surface area contributed by atoms with Crippen molar-refractivity contribution in [2.24, 2.45) is 0 Å². The lowest BCUT2D eigenvalue weighted by molar-refractivity contribution is 0.405. The number of rotatable bonds is 5. The van der Waals surface area contributed by atoms with E-state index in [9.17, 15) is 0 Å². The second-order valence-corrected chi connectivity index (χ2v) is 4.23. The molecule has 86 valence electrons. The van der Waals surface area contributed by atoms with E-state index in [4.69, 9.17) is 5.26 Å². The molecule has 0 aliphatic heterocycles. The zero-order valence-corrected chi connectivity index (χ0v) is 10.2. The van der Waals surface area contributed by atoms with E-state index in [0.717, 1.165) is 25.2 Å². The summed E-state index contributed by atoms with van der Waals surface area (Å²) in [5.74, 6) is 0. The Morgan fingerprint density at radius 2 is 2.12 bits per heavy atom. The van der Waals surface area contributed by atoms with E-state index in [1.807, 2.05) is 18.2 Å². The van der Waals surface area contributed by atoms with Gasteiger partial charge in [0.25, 0.3) is 0 Å². The average Bonchev–Trinajstić information content (AvgIpc) is 2.26. The second kappa shape index (κ2) is 6.14. The quantitative estimate of drug-likeness (QED) is 0.769. The van der Waals surface area contributed by atoms with Crippen LogP contribution >= 0.6 is 0 Å². The fourth-order valence-corrected chi connectivity index (χ4v) is 1.50. The van der Waals surface area contributed by atoms with Crippen molar-refractivity contribution < 1.29 is 0 Å². The van der Waals surface area contributed by atoms with Crippen LogP contribution in [0.25, 0.3) is 0 Å². The molecular weight excluding hydrogens is 198 g/mol. The van der Waals surface area contributed by atoms with Crippen molar-refractivity contribution in [1.82, 2.24) is 4.90 Å². The molecule has 0 fully saturated rings. The molecular formula is C13H19N3. The van der Waals surface area contributed by atoms with Gasteiger partial charge in [0.15, 0.2) is 0 Å². The highest BCUT2D eigenvalue weighted by atomic mass is 15.1. The molecule has 0 radical (unpaired) electrons. The van der Waals surface area contributed by atoms with Crippen LogP contribution in [-0.2, 0) is 0 Å². The summed E-state index contributed by atoms with van der Waals surface area (Å²) in [5, 5.41) is 12.2. The molecule has 0 aromatic heterocycles. The summed E-state index contributed by atoms with van der Waals surface area (Å²) in [7, 11) is 4.14. The Morgan fingerprint density at radius 1 is 1.38 bits per heavy atom. The minimum absolute atomic E-state index is 0.709. The van der Waals surface area contributed by atoms with Crippen LogP contribution < -0.4 is 5.32 Å². The molecule has 1 N–H and O–H groups in total. The highest BCUT2D eigenvalue weighted by Crippen LogP contribution is 2.16. The molecule has 0 aliphatic carbocycles. The van der Waals surface area contributed by atoms with Crippen molar-refractivity contribution in [3.05, 3.63) is 29.3 Å².